The Kier molecular flexibility index (Phi) is 4.79. The lowest BCUT2D eigenvalue weighted by Gasteiger charge is -2.30. The highest BCUT2D eigenvalue weighted by Gasteiger charge is 2.23. The first-order valence-electron chi connectivity index (χ1n) is 9.08. The number of carbonyl (C=O) groups is 2. The Bertz CT molecular complexity index is 1060. The fourth-order valence-electron chi connectivity index (χ4n) is 3.49. The summed E-state index contributed by atoms with van der Waals surface area (Å²) in [5.74, 6) is -1.22. The topological polar surface area (TPSA) is 90.1 Å². The molecule has 0 aliphatic carbocycles. The highest BCUT2D eigenvalue weighted by molar-refractivity contribution is 6.06. The minimum atomic E-state index is -0.627. The van der Waals surface area contributed by atoms with Crippen LogP contribution in [0.25, 0.3) is 11.0 Å². The number of nitrogens with zero attached hydrogens (tertiary/aromatic N) is 2. The van der Waals surface area contributed by atoms with E-state index in [0.717, 1.165) is 24.1 Å². The third kappa shape index (κ3) is 3.34. The van der Waals surface area contributed by atoms with E-state index in [1.54, 1.807) is 24.1 Å². The number of benzene rings is 2. The van der Waals surface area contributed by atoms with Crippen molar-refractivity contribution in [3.63, 3.8) is 0 Å². The highest BCUT2D eigenvalue weighted by atomic mass is 19.1. The molecule has 1 aliphatic heterocycles. The number of fused-ring (bicyclic) bond motifs is 2. The molecule has 28 heavy (non-hydrogen) atoms. The average molecular weight is 381 g/mol. The van der Waals surface area contributed by atoms with Crippen molar-refractivity contribution in [1.29, 1.82) is 0 Å². The highest BCUT2D eigenvalue weighted by Crippen LogP contribution is 2.30. The lowest BCUT2D eigenvalue weighted by Crippen LogP contribution is -2.40. The van der Waals surface area contributed by atoms with E-state index in [1.165, 1.54) is 18.5 Å². The second-order valence-corrected chi connectivity index (χ2v) is 6.73. The molecule has 0 atom stereocenters. The molecule has 0 radical (unpaired) electrons. The Morgan fingerprint density at radius 1 is 1.29 bits per heavy atom. The van der Waals surface area contributed by atoms with Crippen molar-refractivity contribution in [1.82, 2.24) is 15.3 Å². The van der Waals surface area contributed by atoms with Gasteiger partial charge in [-0.1, -0.05) is 6.07 Å². The van der Waals surface area contributed by atoms with Crippen molar-refractivity contribution < 1.29 is 14.0 Å². The molecule has 3 N–H and O–H groups in total. The fraction of sp³-hybridized carbons (Fsp3) is 0.250. The van der Waals surface area contributed by atoms with Gasteiger partial charge in [0.25, 0.3) is 5.91 Å². The number of nitrogens with one attached hydrogen (secondary N) is 3. The smallest absolute Gasteiger partial charge is 0.258 e. The molecule has 0 fully saturated rings. The summed E-state index contributed by atoms with van der Waals surface area (Å²) >= 11 is 0. The number of carbonyl (C=O) groups excluding carboxylic acids is 2. The van der Waals surface area contributed by atoms with Crippen molar-refractivity contribution in [2.45, 2.75) is 12.8 Å². The number of aromatic amines is 1. The molecule has 2 aromatic carbocycles. The maximum absolute atomic E-state index is 14.3. The van der Waals surface area contributed by atoms with Crippen LogP contribution in [-0.4, -0.2) is 41.9 Å². The Hall–Kier alpha value is -3.26. The molecule has 1 aliphatic rings. The molecule has 7 nitrogen and oxygen atoms in total. The molecule has 144 valence electrons. The Labute approximate surface area is 160 Å². The quantitative estimate of drug-likeness (QED) is 0.648. The minimum absolute atomic E-state index is 0.0260. The number of anilines is 2. The van der Waals surface area contributed by atoms with E-state index < -0.39 is 11.7 Å². The molecule has 8 heteroatoms. The Morgan fingerprint density at radius 2 is 2.14 bits per heavy atom. The van der Waals surface area contributed by atoms with Crippen molar-refractivity contribution in [3.05, 3.63) is 53.6 Å². The van der Waals surface area contributed by atoms with Gasteiger partial charge in [0.15, 0.2) is 0 Å². The SMILES string of the molecule is CNCC(=O)N1CCCc2ccc(NC(=O)c3cc4nc[nH]c4cc3F)cc21. The summed E-state index contributed by atoms with van der Waals surface area (Å²) in [6.07, 6.45) is 3.21. The molecule has 3 aromatic rings. The van der Waals surface area contributed by atoms with Crippen molar-refractivity contribution >= 4 is 34.2 Å². The predicted octanol–water partition coefficient (Wildman–Crippen LogP) is 2.45. The van der Waals surface area contributed by atoms with E-state index >= 15 is 0 Å². The van der Waals surface area contributed by atoms with Gasteiger partial charge in [0, 0.05) is 24.0 Å². The zero-order valence-corrected chi connectivity index (χ0v) is 15.4. The first kappa shape index (κ1) is 18.1. The molecule has 2 amide bonds. The minimum Gasteiger partial charge on any atom is -0.345 e. The molecule has 0 bridgehead atoms. The molecular weight excluding hydrogens is 361 g/mol. The normalized spacial score (nSPS) is 13.4. The van der Waals surface area contributed by atoms with Crippen LogP contribution in [0.4, 0.5) is 15.8 Å². The van der Waals surface area contributed by atoms with Crippen LogP contribution in [0.5, 0.6) is 0 Å². The van der Waals surface area contributed by atoms with E-state index in [-0.39, 0.29) is 18.0 Å². The third-order valence-corrected chi connectivity index (χ3v) is 4.84. The molecule has 0 saturated heterocycles. The first-order chi connectivity index (χ1) is 13.6. The molecule has 4 rings (SSSR count). The number of aryl methyl sites for hydroxylation is 1. The van der Waals surface area contributed by atoms with Crippen LogP contribution >= 0.6 is 0 Å². The Balaban J connectivity index is 1.61. The molecule has 0 saturated carbocycles. The molecule has 2 heterocycles. The van der Waals surface area contributed by atoms with Crippen LogP contribution < -0.4 is 15.5 Å². The average Bonchev–Trinajstić information content (AvgIpc) is 3.14. The number of halogens is 1. The zero-order chi connectivity index (χ0) is 19.7. The van der Waals surface area contributed by atoms with Crippen LogP contribution in [0, 0.1) is 5.82 Å². The second kappa shape index (κ2) is 7.40. The number of amides is 2. The van der Waals surface area contributed by atoms with E-state index in [1.807, 2.05) is 6.07 Å². The van der Waals surface area contributed by atoms with Crippen molar-refractivity contribution in [3.8, 4) is 0 Å². The summed E-state index contributed by atoms with van der Waals surface area (Å²) in [6.45, 7) is 0.875. The summed E-state index contributed by atoms with van der Waals surface area (Å²) in [7, 11) is 1.73. The molecular formula is C20H20FN5O2. The lowest BCUT2D eigenvalue weighted by atomic mass is 10.0. The van der Waals surface area contributed by atoms with E-state index in [0.29, 0.717) is 23.3 Å². The van der Waals surface area contributed by atoms with E-state index in [9.17, 15) is 14.0 Å². The summed E-state index contributed by atoms with van der Waals surface area (Å²) in [5.41, 5.74) is 3.31. The standard InChI is InChI=1S/C20H20FN5O2/c1-22-10-19(27)26-6-2-3-12-4-5-13(7-18(12)26)25-20(28)14-8-16-17(9-15(14)21)24-11-23-16/h4-5,7-9,11,22H,2-3,6,10H2,1H3,(H,23,24)(H,25,28). The van der Waals surface area contributed by atoms with Crippen LogP contribution in [0.2, 0.25) is 0 Å². The summed E-state index contributed by atoms with van der Waals surface area (Å²) in [6, 6.07) is 8.11. The van der Waals surface area contributed by atoms with Gasteiger partial charge in [-0.3, -0.25) is 9.59 Å². The fourth-order valence-corrected chi connectivity index (χ4v) is 3.49. The van der Waals surface area contributed by atoms with Gasteiger partial charge in [-0.25, -0.2) is 9.37 Å². The first-order valence-corrected chi connectivity index (χ1v) is 9.08. The number of rotatable bonds is 4. The van der Waals surface area contributed by atoms with Crippen molar-refractivity contribution in [2.75, 3.05) is 30.4 Å². The van der Waals surface area contributed by atoms with E-state index in [4.69, 9.17) is 0 Å². The van der Waals surface area contributed by atoms with Gasteiger partial charge in [0.05, 0.1) is 29.5 Å². The van der Waals surface area contributed by atoms with Gasteiger partial charge in [-0.15, -0.1) is 0 Å². The molecule has 0 unspecified atom stereocenters. The van der Waals surface area contributed by atoms with Gasteiger partial charge >= 0.3 is 0 Å². The maximum Gasteiger partial charge on any atom is 0.258 e. The van der Waals surface area contributed by atoms with Gasteiger partial charge in [-0.2, -0.15) is 0 Å². The summed E-state index contributed by atoms with van der Waals surface area (Å²) in [5, 5.41) is 5.60. The number of aromatic nitrogens is 2. The predicted molar refractivity (Wildman–Crippen MR) is 105 cm³/mol. The maximum atomic E-state index is 14.3. The summed E-state index contributed by atoms with van der Waals surface area (Å²) in [4.78, 5) is 33.6. The number of hydrogen-bond donors (Lipinski definition) is 3. The zero-order valence-electron chi connectivity index (χ0n) is 15.4. The van der Waals surface area contributed by atoms with Crippen LogP contribution in [0.15, 0.2) is 36.7 Å². The van der Waals surface area contributed by atoms with Crippen LogP contribution in [0.3, 0.4) is 0 Å². The summed E-state index contributed by atoms with van der Waals surface area (Å²) < 4.78 is 14.3. The number of imidazole rings is 1. The van der Waals surface area contributed by atoms with Crippen LogP contribution in [-0.2, 0) is 11.2 Å². The number of likely N-dealkylation sites (N-methyl/N-ethyl adjacent to an activating group) is 1. The third-order valence-electron chi connectivity index (χ3n) is 4.84. The van der Waals surface area contributed by atoms with Gasteiger partial charge in [0.1, 0.15) is 5.82 Å². The largest absolute Gasteiger partial charge is 0.345 e. The Morgan fingerprint density at radius 3 is 2.96 bits per heavy atom. The molecule has 1 aromatic heterocycles. The second-order valence-electron chi connectivity index (χ2n) is 6.73. The number of hydrogen-bond acceptors (Lipinski definition) is 4. The van der Waals surface area contributed by atoms with Crippen LogP contribution in [0.1, 0.15) is 22.3 Å². The van der Waals surface area contributed by atoms with Gasteiger partial charge < -0.3 is 20.5 Å². The molecule has 0 spiro atoms. The van der Waals surface area contributed by atoms with Gasteiger partial charge in [-0.05, 0) is 43.7 Å². The number of H-pyrrole nitrogens is 1. The van der Waals surface area contributed by atoms with E-state index in [2.05, 4.69) is 20.6 Å². The monoisotopic (exact) mass is 381 g/mol. The van der Waals surface area contributed by atoms with Gasteiger partial charge in [0.2, 0.25) is 5.91 Å². The van der Waals surface area contributed by atoms with Crippen molar-refractivity contribution in [2.24, 2.45) is 0 Å². The lowest BCUT2D eigenvalue weighted by molar-refractivity contribution is -0.117.